The largest absolute Gasteiger partial charge is 0.464 e. The van der Waals surface area contributed by atoms with Crippen LogP contribution in [0.4, 0.5) is 0 Å². The van der Waals surface area contributed by atoms with Crippen LogP contribution in [0.15, 0.2) is 0 Å². The Kier molecular flexibility index (Phi) is 12.7. The summed E-state index contributed by atoms with van der Waals surface area (Å²) in [7, 11) is 0. The topological polar surface area (TPSA) is 71.1 Å². The van der Waals surface area contributed by atoms with Gasteiger partial charge in [0.2, 0.25) is 0 Å². The smallest absolute Gasteiger partial charge is 0.332 e. The average Bonchev–Trinajstić information content (AvgIpc) is 2.52. The molecule has 0 N–H and O–H groups in total. The van der Waals surface area contributed by atoms with Crippen molar-refractivity contribution in [2.75, 3.05) is 39.6 Å². The second-order valence-electron chi connectivity index (χ2n) is 5.55. The number of hydrogen-bond acceptors (Lipinski definition) is 6. The van der Waals surface area contributed by atoms with Gasteiger partial charge in [-0.1, -0.05) is 26.7 Å². The zero-order valence-electron chi connectivity index (χ0n) is 15.0. The van der Waals surface area contributed by atoms with E-state index < -0.39 is 0 Å². The highest BCUT2D eigenvalue weighted by atomic mass is 16.6. The molecule has 0 heterocycles. The van der Waals surface area contributed by atoms with Crippen molar-refractivity contribution in [3.05, 3.63) is 0 Å². The van der Waals surface area contributed by atoms with Crippen LogP contribution in [0.1, 0.15) is 53.4 Å². The maximum Gasteiger partial charge on any atom is 0.332 e. The normalized spacial score (nSPS) is 11.3. The summed E-state index contributed by atoms with van der Waals surface area (Å²) in [6, 6.07) is 0. The number of carbonyl (C=O) groups excluding carboxylic acids is 2. The van der Waals surface area contributed by atoms with E-state index in [0.29, 0.717) is 26.4 Å². The molecule has 0 aliphatic carbocycles. The first-order valence-corrected chi connectivity index (χ1v) is 8.50. The first-order valence-electron chi connectivity index (χ1n) is 8.50. The molecular weight excluding hydrogens is 300 g/mol. The fourth-order valence-electron chi connectivity index (χ4n) is 2.23. The van der Waals surface area contributed by atoms with E-state index in [1.54, 1.807) is 13.8 Å². The Morgan fingerprint density at radius 1 is 0.826 bits per heavy atom. The summed E-state index contributed by atoms with van der Waals surface area (Å²) in [5, 5.41) is 0. The molecule has 0 aromatic carbocycles. The summed E-state index contributed by atoms with van der Waals surface area (Å²) in [5.74, 6) is -0.721. The summed E-state index contributed by atoms with van der Waals surface area (Å²) < 4.78 is 20.8. The molecule has 0 unspecified atom stereocenters. The van der Waals surface area contributed by atoms with Crippen LogP contribution in [0.25, 0.3) is 0 Å². The van der Waals surface area contributed by atoms with E-state index in [9.17, 15) is 9.59 Å². The first-order chi connectivity index (χ1) is 11.0. The van der Waals surface area contributed by atoms with Crippen molar-refractivity contribution in [1.29, 1.82) is 0 Å². The molecule has 0 spiro atoms. The van der Waals surface area contributed by atoms with Crippen LogP contribution < -0.4 is 0 Å². The number of unbranched alkanes of at least 4 members (excludes halogenated alkanes) is 1. The zero-order valence-corrected chi connectivity index (χ0v) is 15.0. The lowest BCUT2D eigenvalue weighted by Crippen LogP contribution is -2.34. The lowest BCUT2D eigenvalue weighted by Gasteiger charge is -2.32. The fraction of sp³-hybridized carbons (Fsp3) is 0.882. The highest BCUT2D eigenvalue weighted by molar-refractivity contribution is 5.70. The van der Waals surface area contributed by atoms with Crippen LogP contribution in [0, 0.1) is 5.41 Å². The van der Waals surface area contributed by atoms with Gasteiger partial charge in [-0.2, -0.15) is 0 Å². The summed E-state index contributed by atoms with van der Waals surface area (Å²) in [6.07, 6.45) is 3.88. The number of rotatable bonds is 14. The average molecular weight is 332 g/mol. The summed E-state index contributed by atoms with van der Waals surface area (Å²) in [6.45, 7) is 9.11. The molecule has 0 saturated carbocycles. The Morgan fingerprint density at radius 3 is 1.65 bits per heavy atom. The quantitative estimate of drug-likeness (QED) is 0.456. The third-order valence-electron chi connectivity index (χ3n) is 3.68. The van der Waals surface area contributed by atoms with Gasteiger partial charge >= 0.3 is 11.9 Å². The van der Waals surface area contributed by atoms with Crippen molar-refractivity contribution in [2.45, 2.75) is 53.4 Å². The van der Waals surface area contributed by atoms with Crippen molar-refractivity contribution >= 4 is 11.9 Å². The van der Waals surface area contributed by atoms with Crippen LogP contribution in [0.5, 0.6) is 0 Å². The van der Waals surface area contributed by atoms with Crippen molar-refractivity contribution < 1.29 is 28.5 Å². The highest BCUT2D eigenvalue weighted by Crippen LogP contribution is 2.30. The molecule has 0 rings (SSSR count). The minimum absolute atomic E-state index is 0.0560. The minimum atomic E-state index is -0.361. The third kappa shape index (κ3) is 10.3. The summed E-state index contributed by atoms with van der Waals surface area (Å²) >= 11 is 0. The molecule has 136 valence electrons. The number of carbonyl (C=O) groups is 2. The molecule has 6 heteroatoms. The van der Waals surface area contributed by atoms with Gasteiger partial charge in [-0.05, 0) is 26.7 Å². The SMILES string of the molecule is CCCCC(CC)(COCC(=O)OCC)COCC(=O)OCC. The van der Waals surface area contributed by atoms with E-state index in [4.69, 9.17) is 18.9 Å². The standard InChI is InChI=1S/C17H32O6/c1-5-9-10-17(6-2,13-20-11-15(18)22-7-3)14-21-12-16(19)23-8-4/h5-14H2,1-4H3. The van der Waals surface area contributed by atoms with Crippen molar-refractivity contribution in [2.24, 2.45) is 5.41 Å². The molecule has 0 fully saturated rings. The van der Waals surface area contributed by atoms with Crippen LogP contribution in [0.3, 0.4) is 0 Å². The molecule has 6 nitrogen and oxygen atoms in total. The Balaban J connectivity index is 4.43. The predicted molar refractivity (Wildman–Crippen MR) is 87.2 cm³/mol. The van der Waals surface area contributed by atoms with Gasteiger partial charge in [-0.25, -0.2) is 9.59 Å². The van der Waals surface area contributed by atoms with E-state index in [1.165, 1.54) is 0 Å². The summed E-state index contributed by atoms with van der Waals surface area (Å²) in [5.41, 5.74) is -0.199. The van der Waals surface area contributed by atoms with Gasteiger partial charge in [-0.3, -0.25) is 0 Å². The fourth-order valence-corrected chi connectivity index (χ4v) is 2.23. The van der Waals surface area contributed by atoms with Gasteiger partial charge in [0.25, 0.3) is 0 Å². The molecule has 0 aromatic heterocycles. The van der Waals surface area contributed by atoms with Gasteiger partial charge in [0.05, 0.1) is 26.4 Å². The van der Waals surface area contributed by atoms with Crippen molar-refractivity contribution in [1.82, 2.24) is 0 Å². The Morgan fingerprint density at radius 2 is 1.30 bits per heavy atom. The molecule has 0 atom stereocenters. The molecule has 0 bridgehead atoms. The highest BCUT2D eigenvalue weighted by Gasteiger charge is 2.29. The molecule has 0 aromatic rings. The first kappa shape index (κ1) is 21.9. The van der Waals surface area contributed by atoms with Crippen molar-refractivity contribution in [3.8, 4) is 0 Å². The molecule has 0 aliphatic heterocycles. The minimum Gasteiger partial charge on any atom is -0.464 e. The van der Waals surface area contributed by atoms with E-state index in [-0.39, 0.29) is 30.6 Å². The van der Waals surface area contributed by atoms with Gasteiger partial charge in [-0.15, -0.1) is 0 Å². The van der Waals surface area contributed by atoms with Crippen molar-refractivity contribution in [3.63, 3.8) is 0 Å². The number of ether oxygens (including phenoxy) is 4. The van der Waals surface area contributed by atoms with Crippen LogP contribution in [-0.2, 0) is 28.5 Å². The van der Waals surface area contributed by atoms with Gasteiger partial charge in [0.1, 0.15) is 13.2 Å². The number of esters is 2. The lowest BCUT2D eigenvalue weighted by molar-refractivity contribution is -0.152. The molecular formula is C17H32O6. The van der Waals surface area contributed by atoms with Crippen LogP contribution in [-0.4, -0.2) is 51.6 Å². The third-order valence-corrected chi connectivity index (χ3v) is 3.68. The number of hydrogen-bond donors (Lipinski definition) is 0. The van der Waals surface area contributed by atoms with Gasteiger partial charge in [0, 0.05) is 5.41 Å². The molecule has 23 heavy (non-hydrogen) atoms. The zero-order chi connectivity index (χ0) is 17.6. The lowest BCUT2D eigenvalue weighted by atomic mass is 9.82. The van der Waals surface area contributed by atoms with Gasteiger partial charge < -0.3 is 18.9 Å². The van der Waals surface area contributed by atoms with E-state index in [0.717, 1.165) is 25.7 Å². The molecule has 0 aliphatic rings. The van der Waals surface area contributed by atoms with Crippen LogP contribution >= 0.6 is 0 Å². The monoisotopic (exact) mass is 332 g/mol. The Hall–Kier alpha value is -1.14. The Bertz CT molecular complexity index is 305. The van der Waals surface area contributed by atoms with E-state index >= 15 is 0 Å². The summed E-state index contributed by atoms with van der Waals surface area (Å²) in [4.78, 5) is 22.7. The van der Waals surface area contributed by atoms with E-state index in [2.05, 4.69) is 13.8 Å². The van der Waals surface area contributed by atoms with Crippen LogP contribution in [0.2, 0.25) is 0 Å². The Labute approximate surface area is 139 Å². The maximum atomic E-state index is 11.4. The maximum absolute atomic E-state index is 11.4. The molecule has 0 amide bonds. The van der Waals surface area contributed by atoms with E-state index in [1.807, 2.05) is 0 Å². The van der Waals surface area contributed by atoms with Gasteiger partial charge in [0.15, 0.2) is 0 Å². The second kappa shape index (κ2) is 13.3. The molecule has 0 radical (unpaired) electrons. The molecule has 0 saturated heterocycles. The second-order valence-corrected chi connectivity index (χ2v) is 5.55. The predicted octanol–water partition coefficient (Wildman–Crippen LogP) is 2.73.